The van der Waals surface area contributed by atoms with Gasteiger partial charge in [-0.3, -0.25) is 19.7 Å². The smallest absolute Gasteiger partial charge is 0.255 e. The average Bonchev–Trinajstić information content (AvgIpc) is 3.36. The van der Waals surface area contributed by atoms with Crippen molar-refractivity contribution in [3.63, 3.8) is 0 Å². The van der Waals surface area contributed by atoms with Gasteiger partial charge in [0.2, 0.25) is 11.8 Å². The zero-order valence-corrected chi connectivity index (χ0v) is 17.9. The number of aromatic nitrogens is 3. The number of hydrogen-bond acceptors (Lipinski definition) is 5. The third-order valence-corrected chi connectivity index (χ3v) is 6.03. The van der Waals surface area contributed by atoms with Gasteiger partial charge in [-0.05, 0) is 38.0 Å². The molecule has 0 saturated carbocycles. The molecule has 3 amide bonds. The van der Waals surface area contributed by atoms with E-state index in [2.05, 4.69) is 29.5 Å². The van der Waals surface area contributed by atoms with Crippen LogP contribution in [-0.4, -0.2) is 43.7 Å². The second kappa shape index (κ2) is 7.71. The Labute approximate surface area is 185 Å². The van der Waals surface area contributed by atoms with Gasteiger partial charge in [0, 0.05) is 35.7 Å². The molecule has 0 spiro atoms. The van der Waals surface area contributed by atoms with Gasteiger partial charge in [-0.15, -0.1) is 5.10 Å². The highest BCUT2D eigenvalue weighted by atomic mass is 16.2. The second-order valence-electron chi connectivity index (χ2n) is 8.46. The molecule has 1 N–H and O–H groups in total. The highest BCUT2D eigenvalue weighted by molar-refractivity contribution is 6.05. The fourth-order valence-corrected chi connectivity index (χ4v) is 4.44. The van der Waals surface area contributed by atoms with Crippen LogP contribution in [0, 0.1) is 0 Å². The van der Waals surface area contributed by atoms with Crippen LogP contribution < -0.4 is 5.32 Å². The van der Waals surface area contributed by atoms with Crippen LogP contribution in [0.15, 0.2) is 48.5 Å². The second-order valence-corrected chi connectivity index (χ2v) is 8.46. The fourth-order valence-electron chi connectivity index (χ4n) is 4.44. The maximum absolute atomic E-state index is 13.0. The van der Waals surface area contributed by atoms with Crippen LogP contribution in [0.3, 0.4) is 0 Å². The molecule has 0 radical (unpaired) electrons. The molecule has 8 nitrogen and oxygen atoms in total. The number of imide groups is 1. The molecule has 0 aliphatic carbocycles. The maximum Gasteiger partial charge on any atom is 0.255 e. The molecule has 1 saturated heterocycles. The molecule has 3 aromatic rings. The third kappa shape index (κ3) is 3.28. The van der Waals surface area contributed by atoms with Crippen molar-refractivity contribution in [3.05, 3.63) is 59.7 Å². The van der Waals surface area contributed by atoms with E-state index in [4.69, 9.17) is 0 Å². The number of amides is 3. The molecule has 32 heavy (non-hydrogen) atoms. The normalized spacial score (nSPS) is 18.3. The molecule has 2 aliphatic rings. The molecule has 8 heteroatoms. The first-order chi connectivity index (χ1) is 15.4. The highest BCUT2D eigenvalue weighted by Crippen LogP contribution is 2.35. The summed E-state index contributed by atoms with van der Waals surface area (Å²) in [5.41, 5.74) is 4.98. The summed E-state index contributed by atoms with van der Waals surface area (Å²) < 4.78 is 1.90. The van der Waals surface area contributed by atoms with Gasteiger partial charge in [-0.2, -0.15) is 0 Å². The van der Waals surface area contributed by atoms with E-state index in [1.165, 1.54) is 0 Å². The molecule has 1 unspecified atom stereocenters. The van der Waals surface area contributed by atoms with Crippen LogP contribution in [0.2, 0.25) is 0 Å². The number of nitrogens with zero attached hydrogens (tertiary/aromatic N) is 4. The first-order valence-corrected chi connectivity index (χ1v) is 10.7. The standard InChI is InChI=1S/C24H23N5O3/c1-14(2)29-22(15-6-4-3-5-7-15)21(26-27-29)16-8-9-18-17(12-16)13-28(24(18)32)19-10-11-20(30)25-23(19)31/h3-9,12,14,19H,10-11,13H2,1-2H3,(H,25,30,31). The van der Waals surface area contributed by atoms with Crippen molar-refractivity contribution >= 4 is 17.7 Å². The summed E-state index contributed by atoms with van der Waals surface area (Å²) in [6, 6.07) is 15.1. The molecule has 2 aliphatic heterocycles. The number of rotatable bonds is 4. The molecule has 0 bridgehead atoms. The number of benzene rings is 2. The minimum absolute atomic E-state index is 0.130. The SMILES string of the molecule is CC(C)n1nnc(-c2ccc3c(c2)CN(C2CCC(=O)NC2=O)C3=O)c1-c1ccccc1. The molecule has 5 rings (SSSR count). The predicted molar refractivity (Wildman–Crippen MR) is 117 cm³/mol. The van der Waals surface area contributed by atoms with Crippen molar-refractivity contribution in [1.82, 2.24) is 25.2 Å². The van der Waals surface area contributed by atoms with E-state index >= 15 is 0 Å². The Kier molecular flexibility index (Phi) is 4.84. The van der Waals surface area contributed by atoms with E-state index in [1.807, 2.05) is 47.1 Å². The van der Waals surface area contributed by atoms with Gasteiger partial charge in [0.05, 0.1) is 5.69 Å². The molecule has 3 heterocycles. The van der Waals surface area contributed by atoms with Crippen LogP contribution in [0.4, 0.5) is 0 Å². The summed E-state index contributed by atoms with van der Waals surface area (Å²) in [6.45, 7) is 4.45. The highest BCUT2D eigenvalue weighted by Gasteiger charge is 2.39. The van der Waals surface area contributed by atoms with Gasteiger partial charge in [0.1, 0.15) is 11.7 Å². The summed E-state index contributed by atoms with van der Waals surface area (Å²) in [6.07, 6.45) is 0.582. The van der Waals surface area contributed by atoms with Crippen molar-refractivity contribution in [2.75, 3.05) is 0 Å². The lowest BCUT2D eigenvalue weighted by atomic mass is 10.0. The first-order valence-electron chi connectivity index (χ1n) is 10.7. The van der Waals surface area contributed by atoms with Crippen molar-refractivity contribution in [1.29, 1.82) is 0 Å². The van der Waals surface area contributed by atoms with Crippen LogP contribution in [0.25, 0.3) is 22.5 Å². The van der Waals surface area contributed by atoms with E-state index in [0.717, 1.165) is 28.1 Å². The number of piperidine rings is 1. The van der Waals surface area contributed by atoms with Crippen LogP contribution in [-0.2, 0) is 16.1 Å². The van der Waals surface area contributed by atoms with Crippen LogP contribution >= 0.6 is 0 Å². The lowest BCUT2D eigenvalue weighted by Crippen LogP contribution is -2.52. The monoisotopic (exact) mass is 429 g/mol. The molecular formula is C24H23N5O3. The summed E-state index contributed by atoms with van der Waals surface area (Å²) in [7, 11) is 0. The van der Waals surface area contributed by atoms with Crippen molar-refractivity contribution in [3.8, 4) is 22.5 Å². The summed E-state index contributed by atoms with van der Waals surface area (Å²) >= 11 is 0. The Balaban J connectivity index is 1.52. The van der Waals surface area contributed by atoms with Gasteiger partial charge in [-0.25, -0.2) is 4.68 Å². The van der Waals surface area contributed by atoms with E-state index < -0.39 is 11.9 Å². The van der Waals surface area contributed by atoms with Crippen molar-refractivity contribution in [2.45, 2.75) is 45.3 Å². The van der Waals surface area contributed by atoms with E-state index in [9.17, 15) is 14.4 Å². The minimum Gasteiger partial charge on any atom is -0.322 e. The molecule has 2 aromatic carbocycles. The largest absolute Gasteiger partial charge is 0.322 e. The van der Waals surface area contributed by atoms with Crippen molar-refractivity contribution in [2.24, 2.45) is 0 Å². The topological polar surface area (TPSA) is 97.2 Å². The Morgan fingerprint density at radius 3 is 2.53 bits per heavy atom. The molecule has 1 aromatic heterocycles. The Morgan fingerprint density at radius 1 is 1.03 bits per heavy atom. The number of hydrogen-bond donors (Lipinski definition) is 1. The average molecular weight is 429 g/mol. The number of carbonyl (C=O) groups is 3. The van der Waals surface area contributed by atoms with Crippen molar-refractivity contribution < 1.29 is 14.4 Å². The van der Waals surface area contributed by atoms with Gasteiger partial charge in [-0.1, -0.05) is 41.6 Å². The Hall–Kier alpha value is -3.81. The Morgan fingerprint density at radius 2 is 1.81 bits per heavy atom. The zero-order valence-electron chi connectivity index (χ0n) is 17.9. The van der Waals surface area contributed by atoms with E-state index in [0.29, 0.717) is 18.5 Å². The van der Waals surface area contributed by atoms with Crippen LogP contribution in [0.5, 0.6) is 0 Å². The van der Waals surface area contributed by atoms with Gasteiger partial charge in [0.15, 0.2) is 0 Å². The van der Waals surface area contributed by atoms with Gasteiger partial charge >= 0.3 is 0 Å². The number of fused-ring (bicyclic) bond motifs is 1. The molecule has 162 valence electrons. The lowest BCUT2D eigenvalue weighted by molar-refractivity contribution is -0.136. The van der Waals surface area contributed by atoms with E-state index in [1.54, 1.807) is 11.0 Å². The lowest BCUT2D eigenvalue weighted by Gasteiger charge is -2.29. The van der Waals surface area contributed by atoms with Gasteiger partial charge in [0.25, 0.3) is 5.91 Å². The molecule has 1 atom stereocenters. The summed E-state index contributed by atoms with van der Waals surface area (Å²) in [4.78, 5) is 38.3. The first kappa shape index (κ1) is 20.1. The van der Waals surface area contributed by atoms with Crippen LogP contribution in [0.1, 0.15) is 48.7 Å². The zero-order chi connectivity index (χ0) is 22.4. The Bertz CT molecular complexity index is 1230. The number of nitrogens with one attached hydrogen (secondary N) is 1. The minimum atomic E-state index is -0.627. The predicted octanol–water partition coefficient (Wildman–Crippen LogP) is 2.95. The fraction of sp³-hybridized carbons (Fsp3) is 0.292. The quantitative estimate of drug-likeness (QED) is 0.643. The summed E-state index contributed by atoms with van der Waals surface area (Å²) in [5.74, 6) is -0.886. The van der Waals surface area contributed by atoms with Gasteiger partial charge < -0.3 is 4.90 Å². The summed E-state index contributed by atoms with van der Waals surface area (Å²) in [5, 5.41) is 11.2. The molecular weight excluding hydrogens is 406 g/mol. The third-order valence-electron chi connectivity index (χ3n) is 6.03. The maximum atomic E-state index is 13.0. The van der Waals surface area contributed by atoms with E-state index in [-0.39, 0.29) is 24.3 Å². The molecule has 1 fully saturated rings. The number of carbonyl (C=O) groups excluding carboxylic acids is 3.